The van der Waals surface area contributed by atoms with Gasteiger partial charge in [0.1, 0.15) is 0 Å². The molecular formula is C12H22N2. The molecule has 4 atom stereocenters. The fraction of sp³-hybridized carbons (Fsp3) is 0.917. The highest BCUT2D eigenvalue weighted by atomic mass is 15.0. The van der Waals surface area contributed by atoms with Crippen molar-refractivity contribution < 1.29 is 0 Å². The molecule has 0 radical (unpaired) electrons. The molecule has 1 rings (SSSR count). The van der Waals surface area contributed by atoms with Gasteiger partial charge in [-0.3, -0.25) is 5.32 Å². The van der Waals surface area contributed by atoms with Crippen LogP contribution >= 0.6 is 0 Å². The lowest BCUT2D eigenvalue weighted by molar-refractivity contribution is 0.220. The minimum Gasteiger partial charge on any atom is -0.299 e. The molecule has 1 N–H and O–H groups in total. The molecule has 0 aromatic carbocycles. The molecule has 14 heavy (non-hydrogen) atoms. The Morgan fingerprint density at radius 3 is 2.64 bits per heavy atom. The summed E-state index contributed by atoms with van der Waals surface area (Å²) in [4.78, 5) is 0. The third-order valence-corrected chi connectivity index (χ3v) is 3.41. The van der Waals surface area contributed by atoms with E-state index in [1.54, 1.807) is 0 Å². The van der Waals surface area contributed by atoms with Gasteiger partial charge < -0.3 is 0 Å². The van der Waals surface area contributed by atoms with E-state index >= 15 is 0 Å². The van der Waals surface area contributed by atoms with Gasteiger partial charge in [-0.2, -0.15) is 5.26 Å². The van der Waals surface area contributed by atoms with E-state index in [2.05, 4.69) is 32.2 Å². The topological polar surface area (TPSA) is 35.8 Å². The van der Waals surface area contributed by atoms with Crippen molar-refractivity contribution in [3.63, 3.8) is 0 Å². The molecule has 1 aliphatic carbocycles. The largest absolute Gasteiger partial charge is 0.299 e. The van der Waals surface area contributed by atoms with E-state index in [1.165, 1.54) is 19.3 Å². The number of hydrogen-bond acceptors (Lipinski definition) is 2. The van der Waals surface area contributed by atoms with Crippen LogP contribution in [0.5, 0.6) is 0 Å². The predicted molar refractivity (Wildman–Crippen MR) is 58.8 cm³/mol. The molecule has 1 fully saturated rings. The second-order valence-corrected chi connectivity index (χ2v) is 4.76. The lowest BCUT2D eigenvalue weighted by Gasteiger charge is -2.34. The van der Waals surface area contributed by atoms with Gasteiger partial charge in [0.25, 0.3) is 0 Å². The summed E-state index contributed by atoms with van der Waals surface area (Å²) in [6, 6.07) is 2.94. The van der Waals surface area contributed by atoms with Crippen molar-refractivity contribution in [2.24, 2.45) is 11.8 Å². The zero-order valence-electron chi connectivity index (χ0n) is 9.59. The van der Waals surface area contributed by atoms with E-state index in [0.717, 1.165) is 18.3 Å². The van der Waals surface area contributed by atoms with Crippen LogP contribution in [0.2, 0.25) is 0 Å². The van der Waals surface area contributed by atoms with Crippen molar-refractivity contribution in [3.05, 3.63) is 0 Å². The molecule has 0 aromatic heterocycles. The van der Waals surface area contributed by atoms with Gasteiger partial charge >= 0.3 is 0 Å². The lowest BCUT2D eigenvalue weighted by Crippen LogP contribution is -2.43. The molecule has 80 valence electrons. The number of rotatable bonds is 3. The monoisotopic (exact) mass is 194 g/mol. The summed E-state index contributed by atoms with van der Waals surface area (Å²) in [6.45, 7) is 6.70. The quantitative estimate of drug-likeness (QED) is 0.750. The van der Waals surface area contributed by atoms with Gasteiger partial charge in [-0.05, 0) is 37.5 Å². The van der Waals surface area contributed by atoms with Crippen molar-refractivity contribution in [2.75, 3.05) is 0 Å². The minimum atomic E-state index is 0.0517. The number of nitrogens with zero attached hydrogens (tertiary/aromatic N) is 1. The van der Waals surface area contributed by atoms with Gasteiger partial charge in [-0.1, -0.05) is 20.8 Å². The maximum atomic E-state index is 8.88. The third-order valence-electron chi connectivity index (χ3n) is 3.41. The highest BCUT2D eigenvalue weighted by molar-refractivity contribution is 4.93. The van der Waals surface area contributed by atoms with Crippen molar-refractivity contribution in [1.82, 2.24) is 5.32 Å². The lowest BCUT2D eigenvalue weighted by atomic mass is 9.79. The number of hydrogen-bond donors (Lipinski definition) is 1. The molecule has 2 heteroatoms. The maximum absolute atomic E-state index is 8.88. The van der Waals surface area contributed by atoms with Crippen LogP contribution in [-0.2, 0) is 0 Å². The molecule has 4 unspecified atom stereocenters. The molecule has 2 nitrogen and oxygen atoms in total. The Bertz CT molecular complexity index is 207. The van der Waals surface area contributed by atoms with E-state index in [-0.39, 0.29) is 6.04 Å². The molecule has 0 spiro atoms. The van der Waals surface area contributed by atoms with E-state index in [1.807, 2.05) is 0 Å². The van der Waals surface area contributed by atoms with Crippen molar-refractivity contribution >= 4 is 0 Å². The zero-order valence-corrected chi connectivity index (χ0v) is 9.59. The van der Waals surface area contributed by atoms with Crippen LogP contribution in [0.3, 0.4) is 0 Å². The molecule has 1 saturated carbocycles. The summed E-state index contributed by atoms with van der Waals surface area (Å²) in [7, 11) is 0. The Balaban J connectivity index is 2.41. The predicted octanol–water partition coefficient (Wildman–Crippen LogP) is 2.70. The van der Waals surface area contributed by atoms with Crippen LogP contribution in [0.15, 0.2) is 0 Å². The molecule has 0 heterocycles. The second-order valence-electron chi connectivity index (χ2n) is 4.76. The molecule has 0 aromatic rings. The number of nitrogens with one attached hydrogen (secondary N) is 1. The highest BCUT2D eigenvalue weighted by Crippen LogP contribution is 2.28. The minimum absolute atomic E-state index is 0.0517. The summed E-state index contributed by atoms with van der Waals surface area (Å²) in [5.74, 6) is 1.59. The van der Waals surface area contributed by atoms with Crippen LogP contribution in [0.25, 0.3) is 0 Å². The normalized spacial score (nSPS) is 34.9. The Labute approximate surface area is 87.7 Å². The van der Waals surface area contributed by atoms with Crippen LogP contribution in [0.4, 0.5) is 0 Å². The van der Waals surface area contributed by atoms with E-state index in [4.69, 9.17) is 5.26 Å². The van der Waals surface area contributed by atoms with Crippen LogP contribution < -0.4 is 5.32 Å². The van der Waals surface area contributed by atoms with E-state index in [0.29, 0.717) is 6.04 Å². The van der Waals surface area contributed by atoms with Gasteiger partial charge in [0, 0.05) is 6.04 Å². The summed E-state index contributed by atoms with van der Waals surface area (Å²) < 4.78 is 0. The van der Waals surface area contributed by atoms with E-state index < -0.39 is 0 Å². The summed E-state index contributed by atoms with van der Waals surface area (Å²) in [5.41, 5.74) is 0. The van der Waals surface area contributed by atoms with Gasteiger partial charge in [0.15, 0.2) is 0 Å². The van der Waals surface area contributed by atoms with Gasteiger partial charge in [-0.15, -0.1) is 0 Å². The first-order valence-electron chi connectivity index (χ1n) is 5.83. The molecule has 0 amide bonds. The molecule has 0 saturated heterocycles. The molecule has 0 aliphatic heterocycles. The third kappa shape index (κ3) is 2.99. The second kappa shape index (κ2) is 5.36. The zero-order chi connectivity index (χ0) is 10.6. The Kier molecular flexibility index (Phi) is 4.41. The number of nitriles is 1. The Morgan fingerprint density at radius 2 is 2.14 bits per heavy atom. The van der Waals surface area contributed by atoms with Gasteiger partial charge in [-0.25, -0.2) is 0 Å². The first-order chi connectivity index (χ1) is 6.67. The average Bonchev–Trinajstić information content (AvgIpc) is 2.17. The van der Waals surface area contributed by atoms with Crippen LogP contribution in [0, 0.1) is 23.2 Å². The standard InChI is InChI=1S/C12H22N2/c1-4-11(8-13)14-12-6-5-9(2)7-10(12)3/h9-12,14H,4-7H2,1-3H3. The van der Waals surface area contributed by atoms with E-state index in [9.17, 15) is 0 Å². The Hall–Kier alpha value is -0.550. The van der Waals surface area contributed by atoms with Crippen molar-refractivity contribution in [1.29, 1.82) is 5.26 Å². The molecular weight excluding hydrogens is 172 g/mol. The highest BCUT2D eigenvalue weighted by Gasteiger charge is 2.26. The summed E-state index contributed by atoms with van der Waals surface area (Å²) >= 11 is 0. The maximum Gasteiger partial charge on any atom is 0.0952 e. The van der Waals surface area contributed by atoms with Crippen LogP contribution in [-0.4, -0.2) is 12.1 Å². The fourth-order valence-corrected chi connectivity index (χ4v) is 2.42. The summed E-state index contributed by atoms with van der Waals surface area (Å²) in [6.07, 6.45) is 4.76. The molecule has 1 aliphatic rings. The summed E-state index contributed by atoms with van der Waals surface area (Å²) in [5, 5.41) is 12.3. The molecule has 0 bridgehead atoms. The smallest absolute Gasteiger partial charge is 0.0952 e. The van der Waals surface area contributed by atoms with Gasteiger partial charge in [0.05, 0.1) is 12.1 Å². The fourth-order valence-electron chi connectivity index (χ4n) is 2.42. The van der Waals surface area contributed by atoms with Crippen molar-refractivity contribution in [2.45, 2.75) is 58.5 Å². The Morgan fingerprint density at radius 1 is 1.43 bits per heavy atom. The van der Waals surface area contributed by atoms with Gasteiger partial charge in [0.2, 0.25) is 0 Å². The van der Waals surface area contributed by atoms with Crippen LogP contribution in [0.1, 0.15) is 46.5 Å². The average molecular weight is 194 g/mol. The van der Waals surface area contributed by atoms with Crippen molar-refractivity contribution in [3.8, 4) is 6.07 Å². The first kappa shape index (κ1) is 11.5. The SMILES string of the molecule is CCC(C#N)NC1CCC(C)CC1C. The first-order valence-corrected chi connectivity index (χ1v) is 5.83.